The van der Waals surface area contributed by atoms with Gasteiger partial charge < -0.3 is 14.2 Å². The highest BCUT2D eigenvalue weighted by Crippen LogP contribution is 2.33. The Labute approximate surface area is 142 Å². The maximum absolute atomic E-state index is 11.6. The lowest BCUT2D eigenvalue weighted by Crippen LogP contribution is -2.36. The Morgan fingerprint density at radius 3 is 2.92 bits per heavy atom. The zero-order valence-corrected chi connectivity index (χ0v) is 14.1. The first-order chi connectivity index (χ1) is 11.8. The number of imidazole rings is 1. The van der Waals surface area contributed by atoms with Gasteiger partial charge in [-0.05, 0) is 38.4 Å². The number of nitrogens with zero attached hydrogens (tertiary/aromatic N) is 4. The van der Waals surface area contributed by atoms with Gasteiger partial charge >= 0.3 is 6.09 Å². The van der Waals surface area contributed by atoms with Gasteiger partial charge in [0.1, 0.15) is 12.4 Å². The predicted octanol–water partition coefficient (Wildman–Crippen LogP) is 2.65. The summed E-state index contributed by atoms with van der Waals surface area (Å²) in [7, 11) is 0. The smallest absolute Gasteiger partial charge is 0.409 e. The lowest BCUT2D eigenvalue weighted by Gasteiger charge is -2.26. The molecule has 1 atom stereocenters. The Kier molecular flexibility index (Phi) is 4.14. The number of benzene rings is 1. The maximum atomic E-state index is 11.6. The van der Waals surface area contributed by atoms with Gasteiger partial charge in [-0.2, -0.15) is 0 Å². The molecule has 6 heteroatoms. The van der Waals surface area contributed by atoms with Gasteiger partial charge in [0, 0.05) is 19.6 Å². The van der Waals surface area contributed by atoms with Gasteiger partial charge in [0.25, 0.3) is 0 Å². The third-order valence-electron chi connectivity index (χ3n) is 5.16. The minimum absolute atomic E-state index is 0.174. The van der Waals surface area contributed by atoms with E-state index in [1.54, 1.807) is 4.90 Å². The number of carbonyl (C=O) groups is 1. The molecular weight excluding hydrogens is 304 g/mol. The first-order valence-corrected chi connectivity index (χ1v) is 8.89. The number of hydrogen-bond donors (Lipinski definition) is 0. The highest BCUT2D eigenvalue weighted by atomic mass is 16.6. The summed E-state index contributed by atoms with van der Waals surface area (Å²) in [6.45, 7) is 7.03. The normalized spacial score (nSPS) is 21.8. The molecule has 1 aromatic carbocycles. The van der Waals surface area contributed by atoms with Crippen LogP contribution in [0.2, 0.25) is 0 Å². The molecular formula is C18H24N4O2. The summed E-state index contributed by atoms with van der Waals surface area (Å²) in [6, 6.07) is 8.70. The molecule has 2 aliphatic rings. The number of ether oxygens (including phenoxy) is 1. The van der Waals surface area contributed by atoms with Crippen molar-refractivity contribution in [3.8, 4) is 0 Å². The van der Waals surface area contributed by atoms with E-state index in [0.29, 0.717) is 19.2 Å². The summed E-state index contributed by atoms with van der Waals surface area (Å²) in [5.74, 6) is 1.17. The molecule has 0 radical (unpaired) electrons. The van der Waals surface area contributed by atoms with Crippen molar-refractivity contribution < 1.29 is 9.53 Å². The summed E-state index contributed by atoms with van der Waals surface area (Å²) in [5.41, 5.74) is 2.29. The standard InChI is InChI=1S/C18H24N4O2/c1-2-22-15-7-4-3-6-14(15)19-17(22)16-8-5-9-20(16)10-11-21-12-13-24-18(21)23/h3-4,6-7,16H,2,5,8-13H2,1H3/t16-/m0/s1. The van der Waals surface area contributed by atoms with Gasteiger partial charge in [0.2, 0.25) is 0 Å². The second-order valence-electron chi connectivity index (χ2n) is 6.50. The Balaban J connectivity index is 1.55. The van der Waals surface area contributed by atoms with Crippen LogP contribution in [0.15, 0.2) is 24.3 Å². The molecule has 2 aliphatic heterocycles. The number of fused-ring (bicyclic) bond motifs is 1. The molecule has 2 saturated heterocycles. The number of cyclic esters (lactones) is 1. The van der Waals surface area contributed by atoms with E-state index < -0.39 is 0 Å². The van der Waals surface area contributed by atoms with E-state index in [-0.39, 0.29) is 6.09 Å². The number of hydrogen-bond acceptors (Lipinski definition) is 4. The molecule has 24 heavy (non-hydrogen) atoms. The van der Waals surface area contributed by atoms with Gasteiger partial charge in [-0.1, -0.05) is 12.1 Å². The zero-order chi connectivity index (χ0) is 16.5. The van der Waals surface area contributed by atoms with Crippen molar-refractivity contribution in [1.82, 2.24) is 19.4 Å². The summed E-state index contributed by atoms with van der Waals surface area (Å²) in [4.78, 5) is 20.8. The van der Waals surface area contributed by atoms with Gasteiger partial charge in [0.15, 0.2) is 0 Å². The van der Waals surface area contributed by atoms with Crippen LogP contribution in [0.5, 0.6) is 0 Å². The quantitative estimate of drug-likeness (QED) is 0.847. The van der Waals surface area contributed by atoms with Crippen LogP contribution in [-0.2, 0) is 11.3 Å². The molecule has 6 nitrogen and oxygen atoms in total. The van der Waals surface area contributed by atoms with E-state index in [4.69, 9.17) is 9.72 Å². The number of aryl methyl sites for hydroxylation is 1. The SMILES string of the molecule is CCn1c([C@@H]2CCCN2CCN2CCOC2=O)nc2ccccc21. The van der Waals surface area contributed by atoms with E-state index in [2.05, 4.69) is 34.6 Å². The van der Waals surface area contributed by atoms with Crippen LogP contribution >= 0.6 is 0 Å². The van der Waals surface area contributed by atoms with Crippen molar-refractivity contribution in [2.45, 2.75) is 32.4 Å². The Morgan fingerprint density at radius 1 is 1.25 bits per heavy atom. The number of carbonyl (C=O) groups excluding carboxylic acids is 1. The van der Waals surface area contributed by atoms with Crippen LogP contribution < -0.4 is 0 Å². The Morgan fingerprint density at radius 2 is 2.12 bits per heavy atom. The molecule has 4 rings (SSSR count). The topological polar surface area (TPSA) is 50.6 Å². The molecule has 0 bridgehead atoms. The second kappa shape index (κ2) is 6.43. The predicted molar refractivity (Wildman–Crippen MR) is 91.9 cm³/mol. The number of para-hydroxylation sites is 2. The van der Waals surface area contributed by atoms with Crippen molar-refractivity contribution in [3.05, 3.63) is 30.1 Å². The summed E-state index contributed by atoms with van der Waals surface area (Å²) in [6.07, 6.45) is 2.14. The minimum Gasteiger partial charge on any atom is -0.448 e. The molecule has 0 spiro atoms. The third-order valence-corrected chi connectivity index (χ3v) is 5.16. The number of aromatic nitrogens is 2. The monoisotopic (exact) mass is 328 g/mol. The van der Waals surface area contributed by atoms with Gasteiger partial charge in [0.05, 0.1) is 23.6 Å². The fourth-order valence-corrected chi connectivity index (χ4v) is 3.95. The summed E-state index contributed by atoms with van der Waals surface area (Å²) < 4.78 is 7.36. The minimum atomic E-state index is -0.174. The fraction of sp³-hybridized carbons (Fsp3) is 0.556. The zero-order valence-electron chi connectivity index (χ0n) is 14.1. The molecule has 0 saturated carbocycles. The van der Waals surface area contributed by atoms with Crippen LogP contribution in [0, 0.1) is 0 Å². The van der Waals surface area contributed by atoms with Crippen molar-refractivity contribution in [2.75, 3.05) is 32.8 Å². The van der Waals surface area contributed by atoms with Crippen LogP contribution in [0.1, 0.15) is 31.6 Å². The van der Waals surface area contributed by atoms with Gasteiger partial charge in [-0.15, -0.1) is 0 Å². The van der Waals surface area contributed by atoms with E-state index in [9.17, 15) is 4.79 Å². The average Bonchev–Trinajstić information content (AvgIpc) is 3.30. The molecule has 0 unspecified atom stereocenters. The number of rotatable bonds is 5. The molecule has 0 N–H and O–H groups in total. The number of amides is 1. The lowest BCUT2D eigenvalue weighted by atomic mass is 10.2. The summed E-state index contributed by atoms with van der Waals surface area (Å²) in [5, 5.41) is 0. The molecule has 2 aromatic rings. The lowest BCUT2D eigenvalue weighted by molar-refractivity contribution is 0.151. The molecule has 1 aromatic heterocycles. The van der Waals surface area contributed by atoms with Crippen LogP contribution in [0.3, 0.4) is 0 Å². The first-order valence-electron chi connectivity index (χ1n) is 8.89. The van der Waals surface area contributed by atoms with Crippen molar-refractivity contribution in [3.63, 3.8) is 0 Å². The maximum Gasteiger partial charge on any atom is 0.409 e. The van der Waals surface area contributed by atoms with E-state index in [1.165, 1.54) is 17.8 Å². The summed E-state index contributed by atoms with van der Waals surface area (Å²) >= 11 is 0. The van der Waals surface area contributed by atoms with Crippen LogP contribution in [0.25, 0.3) is 11.0 Å². The second-order valence-corrected chi connectivity index (χ2v) is 6.50. The van der Waals surface area contributed by atoms with E-state index >= 15 is 0 Å². The number of likely N-dealkylation sites (tertiary alicyclic amines) is 1. The third kappa shape index (κ3) is 2.65. The van der Waals surface area contributed by atoms with Crippen molar-refractivity contribution in [2.24, 2.45) is 0 Å². The van der Waals surface area contributed by atoms with Gasteiger partial charge in [-0.25, -0.2) is 9.78 Å². The first kappa shape index (κ1) is 15.4. The van der Waals surface area contributed by atoms with Crippen molar-refractivity contribution in [1.29, 1.82) is 0 Å². The molecule has 3 heterocycles. The molecule has 1 amide bonds. The molecule has 2 fully saturated rings. The van der Waals surface area contributed by atoms with Crippen molar-refractivity contribution >= 4 is 17.1 Å². The van der Waals surface area contributed by atoms with Crippen LogP contribution in [-0.4, -0.2) is 58.2 Å². The Bertz CT molecular complexity index is 742. The highest BCUT2D eigenvalue weighted by molar-refractivity contribution is 5.76. The molecule has 128 valence electrons. The van der Waals surface area contributed by atoms with E-state index in [1.807, 2.05) is 6.07 Å². The van der Waals surface area contributed by atoms with E-state index in [0.717, 1.165) is 38.1 Å². The fourth-order valence-electron chi connectivity index (χ4n) is 3.95. The highest BCUT2D eigenvalue weighted by Gasteiger charge is 2.31. The average molecular weight is 328 g/mol. The van der Waals surface area contributed by atoms with Crippen LogP contribution in [0.4, 0.5) is 4.79 Å². The molecule has 0 aliphatic carbocycles. The van der Waals surface area contributed by atoms with Gasteiger partial charge in [-0.3, -0.25) is 4.90 Å². The Hall–Kier alpha value is -2.08. The largest absolute Gasteiger partial charge is 0.448 e.